The summed E-state index contributed by atoms with van der Waals surface area (Å²) in [5, 5.41) is 0. The van der Waals surface area contributed by atoms with Gasteiger partial charge in [-0.05, 0) is 36.1 Å². The first-order valence-corrected chi connectivity index (χ1v) is 10.8. The number of carbonyl (C=O) groups is 1. The molecule has 1 amide bonds. The van der Waals surface area contributed by atoms with E-state index in [9.17, 15) is 9.18 Å². The lowest BCUT2D eigenvalue weighted by Crippen LogP contribution is -2.51. The Balaban J connectivity index is 1.42. The molecule has 0 bridgehead atoms. The second-order valence-corrected chi connectivity index (χ2v) is 8.13. The minimum Gasteiger partial charge on any atom is -0.494 e. The summed E-state index contributed by atoms with van der Waals surface area (Å²) in [6.07, 6.45) is 2.19. The van der Waals surface area contributed by atoms with Crippen LogP contribution >= 0.6 is 0 Å². The van der Waals surface area contributed by atoms with Crippen molar-refractivity contribution >= 4 is 5.91 Å². The van der Waals surface area contributed by atoms with E-state index in [0.717, 1.165) is 63.2 Å². The number of benzene rings is 2. The Labute approximate surface area is 178 Å². The van der Waals surface area contributed by atoms with Crippen LogP contribution in [0.2, 0.25) is 0 Å². The van der Waals surface area contributed by atoms with E-state index in [1.54, 1.807) is 12.1 Å². The molecule has 0 spiro atoms. The predicted molar refractivity (Wildman–Crippen MR) is 115 cm³/mol. The predicted octanol–water partition coefficient (Wildman–Crippen LogP) is 3.32. The molecule has 5 nitrogen and oxygen atoms in total. The first-order chi connectivity index (χ1) is 14.7. The summed E-state index contributed by atoms with van der Waals surface area (Å²) in [6, 6.07) is 15.1. The number of hydrogen-bond acceptors (Lipinski definition) is 4. The third kappa shape index (κ3) is 4.65. The molecule has 2 fully saturated rings. The normalized spacial score (nSPS) is 19.1. The topological polar surface area (TPSA) is 36.0 Å². The van der Waals surface area contributed by atoms with Gasteiger partial charge in [-0.1, -0.05) is 36.4 Å². The van der Waals surface area contributed by atoms with E-state index in [1.165, 1.54) is 7.11 Å². The van der Waals surface area contributed by atoms with Crippen LogP contribution in [0.15, 0.2) is 48.5 Å². The van der Waals surface area contributed by atoms with Crippen molar-refractivity contribution in [1.82, 2.24) is 14.7 Å². The van der Waals surface area contributed by atoms with Crippen LogP contribution in [0.3, 0.4) is 0 Å². The number of nitrogens with zero attached hydrogens (tertiary/aromatic N) is 3. The van der Waals surface area contributed by atoms with Gasteiger partial charge in [-0.2, -0.15) is 0 Å². The zero-order valence-corrected chi connectivity index (χ0v) is 17.6. The molecule has 4 rings (SSSR count). The molecule has 2 heterocycles. The van der Waals surface area contributed by atoms with Crippen molar-refractivity contribution in [3.05, 3.63) is 65.5 Å². The van der Waals surface area contributed by atoms with E-state index in [-0.39, 0.29) is 23.5 Å². The fraction of sp³-hybridized carbons (Fsp3) is 0.458. The van der Waals surface area contributed by atoms with Crippen molar-refractivity contribution in [3.8, 4) is 5.75 Å². The number of rotatable bonds is 6. The smallest absolute Gasteiger partial charge is 0.244 e. The molecular weight excluding hydrogens is 381 g/mol. The lowest BCUT2D eigenvalue weighted by molar-refractivity contribution is -0.137. The van der Waals surface area contributed by atoms with Gasteiger partial charge in [0.05, 0.1) is 7.11 Å². The van der Waals surface area contributed by atoms with Gasteiger partial charge < -0.3 is 9.64 Å². The summed E-state index contributed by atoms with van der Waals surface area (Å²) in [4.78, 5) is 20.0. The van der Waals surface area contributed by atoms with Gasteiger partial charge in [0.2, 0.25) is 5.91 Å². The number of piperazine rings is 1. The van der Waals surface area contributed by atoms with Crippen molar-refractivity contribution in [2.45, 2.75) is 25.4 Å². The molecular formula is C24H30FN3O2. The Kier molecular flexibility index (Phi) is 6.65. The highest BCUT2D eigenvalue weighted by Crippen LogP contribution is 2.27. The van der Waals surface area contributed by atoms with Crippen LogP contribution in [0, 0.1) is 5.82 Å². The summed E-state index contributed by atoms with van der Waals surface area (Å²) >= 11 is 0. The molecule has 0 radical (unpaired) electrons. The van der Waals surface area contributed by atoms with Crippen LogP contribution < -0.4 is 4.74 Å². The van der Waals surface area contributed by atoms with Gasteiger partial charge in [0, 0.05) is 45.8 Å². The number of amides is 1. The lowest BCUT2D eigenvalue weighted by Gasteiger charge is -2.40. The number of halogens is 1. The summed E-state index contributed by atoms with van der Waals surface area (Å²) in [6.45, 7) is 5.77. The third-order valence-electron chi connectivity index (χ3n) is 6.16. The second kappa shape index (κ2) is 9.58. The Bertz CT molecular complexity index is 847. The number of ether oxygens (including phenoxy) is 1. The van der Waals surface area contributed by atoms with E-state index < -0.39 is 0 Å². The van der Waals surface area contributed by atoms with E-state index in [0.29, 0.717) is 6.54 Å². The van der Waals surface area contributed by atoms with E-state index in [1.807, 2.05) is 29.2 Å². The minimum absolute atomic E-state index is 0.218. The fourth-order valence-electron chi connectivity index (χ4n) is 4.50. The minimum atomic E-state index is -0.325. The molecule has 2 aliphatic rings. The Morgan fingerprint density at radius 3 is 2.33 bits per heavy atom. The largest absolute Gasteiger partial charge is 0.494 e. The summed E-state index contributed by atoms with van der Waals surface area (Å²) in [5.74, 6) is 0.174. The van der Waals surface area contributed by atoms with Crippen molar-refractivity contribution in [2.24, 2.45) is 0 Å². The summed E-state index contributed by atoms with van der Waals surface area (Å²) in [5.41, 5.74) is 2.01. The number of carbonyl (C=O) groups excluding carboxylic acids is 1. The van der Waals surface area contributed by atoms with Crippen molar-refractivity contribution in [1.29, 1.82) is 0 Å². The molecule has 1 atom stereocenters. The molecule has 160 valence electrons. The maximum Gasteiger partial charge on any atom is 0.244 e. The van der Waals surface area contributed by atoms with Gasteiger partial charge in [-0.25, -0.2) is 4.39 Å². The molecule has 6 heteroatoms. The maximum absolute atomic E-state index is 14.0. The molecule has 30 heavy (non-hydrogen) atoms. The Hall–Kier alpha value is -2.44. The van der Waals surface area contributed by atoms with Gasteiger partial charge in [0.15, 0.2) is 11.6 Å². The first-order valence-electron chi connectivity index (χ1n) is 10.8. The number of likely N-dealkylation sites (tertiary alicyclic amines) is 1. The molecule has 0 saturated carbocycles. The third-order valence-corrected chi connectivity index (χ3v) is 6.16. The van der Waals surface area contributed by atoms with Crippen LogP contribution in [0.1, 0.15) is 30.0 Å². The molecule has 0 aliphatic carbocycles. The molecule has 0 N–H and O–H groups in total. The summed E-state index contributed by atoms with van der Waals surface area (Å²) in [7, 11) is 1.48. The standard InChI is InChI=1S/C24H30FN3O2/c1-30-22-10-9-19(17-21(22)25)18-26-13-15-27(16-14-26)23(20-7-3-2-4-8-20)24(29)28-11-5-6-12-28/h2-4,7-10,17,23H,5-6,11-16,18H2,1H3. The van der Waals surface area contributed by atoms with Crippen LogP contribution in [-0.4, -0.2) is 67.0 Å². The van der Waals surface area contributed by atoms with Crippen molar-refractivity contribution < 1.29 is 13.9 Å². The van der Waals surface area contributed by atoms with Gasteiger partial charge in [-0.15, -0.1) is 0 Å². The number of hydrogen-bond donors (Lipinski definition) is 0. The highest BCUT2D eigenvalue weighted by atomic mass is 19.1. The zero-order chi connectivity index (χ0) is 20.9. The van der Waals surface area contributed by atoms with E-state index in [2.05, 4.69) is 21.9 Å². The number of methoxy groups -OCH3 is 1. The monoisotopic (exact) mass is 411 g/mol. The average Bonchev–Trinajstić information content (AvgIpc) is 3.31. The molecule has 2 aliphatic heterocycles. The average molecular weight is 412 g/mol. The zero-order valence-electron chi connectivity index (χ0n) is 17.6. The molecule has 2 saturated heterocycles. The molecule has 2 aromatic carbocycles. The van der Waals surface area contributed by atoms with Gasteiger partial charge >= 0.3 is 0 Å². The Morgan fingerprint density at radius 1 is 1.00 bits per heavy atom. The first kappa shape index (κ1) is 20.8. The van der Waals surface area contributed by atoms with Crippen LogP contribution in [-0.2, 0) is 11.3 Å². The summed E-state index contributed by atoms with van der Waals surface area (Å²) < 4.78 is 19.0. The lowest BCUT2D eigenvalue weighted by atomic mass is 10.0. The quantitative estimate of drug-likeness (QED) is 0.731. The van der Waals surface area contributed by atoms with Crippen LogP contribution in [0.4, 0.5) is 4.39 Å². The Morgan fingerprint density at radius 2 is 1.70 bits per heavy atom. The fourth-order valence-corrected chi connectivity index (χ4v) is 4.50. The highest BCUT2D eigenvalue weighted by Gasteiger charge is 2.34. The van der Waals surface area contributed by atoms with Gasteiger partial charge in [0.1, 0.15) is 6.04 Å². The van der Waals surface area contributed by atoms with Gasteiger partial charge in [0.25, 0.3) is 0 Å². The van der Waals surface area contributed by atoms with E-state index in [4.69, 9.17) is 4.74 Å². The van der Waals surface area contributed by atoms with Crippen molar-refractivity contribution in [2.75, 3.05) is 46.4 Å². The molecule has 1 unspecified atom stereocenters. The molecule has 2 aromatic rings. The van der Waals surface area contributed by atoms with Crippen LogP contribution in [0.5, 0.6) is 5.75 Å². The molecule has 0 aromatic heterocycles. The van der Waals surface area contributed by atoms with E-state index >= 15 is 0 Å². The van der Waals surface area contributed by atoms with Gasteiger partial charge in [-0.3, -0.25) is 14.6 Å². The SMILES string of the molecule is COc1ccc(CN2CCN(C(C(=O)N3CCCC3)c3ccccc3)CC2)cc1F. The van der Waals surface area contributed by atoms with Crippen molar-refractivity contribution in [3.63, 3.8) is 0 Å². The second-order valence-electron chi connectivity index (χ2n) is 8.13. The highest BCUT2D eigenvalue weighted by molar-refractivity contribution is 5.83. The van der Waals surface area contributed by atoms with Crippen LogP contribution in [0.25, 0.3) is 0 Å². The maximum atomic E-state index is 14.0.